The van der Waals surface area contributed by atoms with E-state index in [1.54, 1.807) is 15.8 Å². The van der Waals surface area contributed by atoms with Crippen molar-refractivity contribution in [2.75, 3.05) is 0 Å². The molecule has 2 aromatic rings. The quantitative estimate of drug-likeness (QED) is 0.101. The number of allylic oxidation sites excluding steroid dienone is 2. The van der Waals surface area contributed by atoms with Gasteiger partial charge in [-0.05, 0) is 154 Å². The highest BCUT2D eigenvalue weighted by Gasteiger charge is 2.36. The van der Waals surface area contributed by atoms with Crippen molar-refractivity contribution < 1.29 is 4.70 Å². The third kappa shape index (κ3) is 10.3. The molecule has 266 valence electrons. The van der Waals surface area contributed by atoms with Crippen molar-refractivity contribution in [1.82, 2.24) is 0 Å². The molecule has 0 aliphatic carbocycles. The molecule has 0 saturated heterocycles. The van der Waals surface area contributed by atoms with Crippen LogP contribution < -0.4 is 0 Å². The fourth-order valence-electron chi connectivity index (χ4n) is 7.83. The Labute approximate surface area is 297 Å². The van der Waals surface area contributed by atoms with Crippen molar-refractivity contribution in [2.45, 2.75) is 197 Å². The van der Waals surface area contributed by atoms with Crippen LogP contribution in [0, 0.1) is 0 Å². The Balaban J connectivity index is 2.29. The van der Waals surface area contributed by atoms with E-state index in [1.807, 2.05) is 0 Å². The van der Waals surface area contributed by atoms with Gasteiger partial charge in [-0.15, -0.1) is 0 Å². The van der Waals surface area contributed by atoms with Crippen LogP contribution in [0.2, 0.25) is 0 Å². The van der Waals surface area contributed by atoms with E-state index in [4.69, 9.17) is 0 Å². The summed E-state index contributed by atoms with van der Waals surface area (Å²) in [7, 11) is 0. The first-order valence-electron chi connectivity index (χ1n) is 20.7. The number of aryl methyl sites for hydroxylation is 4. The molecule has 0 aromatic heterocycles. The van der Waals surface area contributed by atoms with Crippen molar-refractivity contribution in [1.29, 1.82) is 0 Å². The monoisotopic (exact) mass is 653 g/mol. The average molecular weight is 653 g/mol. The normalized spacial score (nSPS) is 13.5. The van der Waals surface area contributed by atoms with Gasteiger partial charge in [0.05, 0.1) is 0 Å². The van der Waals surface area contributed by atoms with E-state index >= 15 is 0 Å². The molecule has 0 spiro atoms. The van der Waals surface area contributed by atoms with Crippen LogP contribution in [0.1, 0.15) is 203 Å². The second kappa shape index (κ2) is 21.6. The van der Waals surface area contributed by atoms with Gasteiger partial charge in [-0.2, -0.15) is 0 Å². The molecule has 1 heterocycles. The summed E-state index contributed by atoms with van der Waals surface area (Å²) in [6.45, 7) is 18.5. The molecule has 2 nitrogen and oxygen atoms in total. The number of nitrogens with zero attached hydrogens (tertiary/aromatic N) is 2. The van der Waals surface area contributed by atoms with Crippen molar-refractivity contribution in [3.8, 4) is 0 Å². The van der Waals surface area contributed by atoms with Crippen LogP contribution in [0.5, 0.6) is 0 Å². The molecule has 1 aliphatic heterocycles. The zero-order valence-electron chi connectivity index (χ0n) is 32.8. The zero-order valence-corrected chi connectivity index (χ0v) is 32.8. The number of benzene rings is 2. The van der Waals surface area contributed by atoms with E-state index in [1.165, 1.54) is 134 Å². The van der Waals surface area contributed by atoms with Crippen LogP contribution >= 0.6 is 0 Å². The first-order chi connectivity index (χ1) is 23.4. The highest BCUT2D eigenvalue weighted by atomic mass is 15.2. The van der Waals surface area contributed by atoms with Gasteiger partial charge in [-0.25, -0.2) is 4.70 Å². The van der Waals surface area contributed by atoms with E-state index in [-0.39, 0.29) is 0 Å². The molecule has 2 aromatic carbocycles. The van der Waals surface area contributed by atoms with Crippen LogP contribution in [0.25, 0.3) is 16.9 Å². The molecule has 0 saturated carbocycles. The summed E-state index contributed by atoms with van der Waals surface area (Å²) >= 11 is 0. The fourth-order valence-corrected chi connectivity index (χ4v) is 7.83. The lowest BCUT2D eigenvalue weighted by molar-refractivity contribution is -0.345. The van der Waals surface area contributed by atoms with Gasteiger partial charge in [0.2, 0.25) is 11.4 Å². The maximum Gasteiger partial charge on any atom is 0.211 e. The summed E-state index contributed by atoms with van der Waals surface area (Å²) in [6, 6.07) is 9.95. The Kier molecular flexibility index (Phi) is 18.0. The lowest BCUT2D eigenvalue weighted by Crippen LogP contribution is -2.09. The number of unbranched alkanes of at least 4 members (excludes halogenated alkanes) is 7. The van der Waals surface area contributed by atoms with Crippen LogP contribution in [0.15, 0.2) is 35.4 Å². The summed E-state index contributed by atoms with van der Waals surface area (Å²) in [5.74, 6) is 0. The van der Waals surface area contributed by atoms with Gasteiger partial charge < -0.3 is 5.53 Å². The molecule has 1 aliphatic rings. The Morgan fingerprint density at radius 3 is 1.00 bits per heavy atom. The minimum atomic E-state index is 0.932. The Morgan fingerprint density at radius 1 is 0.396 bits per heavy atom. The first-order valence-corrected chi connectivity index (χ1v) is 20.7. The molecule has 2 heteroatoms. The summed E-state index contributed by atoms with van der Waals surface area (Å²) in [6.07, 6.45) is 25.8. The number of hydrogen-bond acceptors (Lipinski definition) is 0. The van der Waals surface area contributed by atoms with Crippen molar-refractivity contribution in [3.63, 3.8) is 0 Å². The maximum atomic E-state index is 12.5. The predicted octanol–water partition coefficient (Wildman–Crippen LogP) is 14.5. The summed E-state index contributed by atoms with van der Waals surface area (Å²) in [5, 5.41) is 0. The summed E-state index contributed by atoms with van der Waals surface area (Å²) in [4.78, 5) is 0. The molecule has 48 heavy (non-hydrogen) atoms. The molecule has 0 unspecified atom stereocenters. The maximum absolute atomic E-state index is 12.5. The first kappa shape index (κ1) is 40.0. The lowest BCUT2D eigenvalue weighted by Gasteiger charge is -2.20. The molecule has 0 amide bonds. The average Bonchev–Trinajstić information content (AvgIpc) is 3.39. The van der Waals surface area contributed by atoms with Gasteiger partial charge in [0.1, 0.15) is 0 Å². The van der Waals surface area contributed by atoms with Gasteiger partial charge >= 0.3 is 0 Å². The SMILES string of the molecule is CCCCC1=C(c2cc(CCCC)c(CCCC)c(CCCC)c2)[N+](=[N-])C(c2cc(CCCC)c(CCCC)c(CCCC)c2)=C1CC. The number of rotatable bonds is 24. The van der Waals surface area contributed by atoms with E-state index in [9.17, 15) is 5.53 Å². The highest BCUT2D eigenvalue weighted by molar-refractivity contribution is 5.83. The Hall–Kier alpha value is -2.48. The molecule has 0 N–H and O–H groups in total. The lowest BCUT2D eigenvalue weighted by atomic mass is 9.86. The van der Waals surface area contributed by atoms with Crippen LogP contribution in [0.4, 0.5) is 0 Å². The second-order valence-corrected chi connectivity index (χ2v) is 14.6. The van der Waals surface area contributed by atoms with Gasteiger partial charge in [0.15, 0.2) is 0 Å². The molecule has 3 rings (SSSR count). The summed E-state index contributed by atoms with van der Waals surface area (Å²) < 4.78 is 1.66. The Bertz CT molecular complexity index is 1310. The predicted molar refractivity (Wildman–Crippen MR) is 212 cm³/mol. The third-order valence-corrected chi connectivity index (χ3v) is 10.7. The van der Waals surface area contributed by atoms with Gasteiger partial charge in [0, 0.05) is 22.3 Å². The summed E-state index contributed by atoms with van der Waals surface area (Å²) in [5.41, 5.74) is 29.2. The molecule has 0 atom stereocenters. The molecular formula is C46H72N2. The molecule has 0 fully saturated rings. The standard InChI is InChI=1S/C46H72N2/c1-9-17-24-35-31-39(32-36(25-18-10-2)42(35)28-21-13-5)45-41(16-8)44(30-23-15-7)46(48(45)47)40-33-37(26-19-11-3)43(29-22-14-6)38(34-40)27-20-12-4/h31-34H,9-30H2,1-8H3. The van der Waals surface area contributed by atoms with E-state index in [0.29, 0.717) is 0 Å². The zero-order chi connectivity index (χ0) is 34.9. The third-order valence-electron chi connectivity index (χ3n) is 10.7. The van der Waals surface area contributed by atoms with Crippen molar-refractivity contribution in [2.24, 2.45) is 0 Å². The van der Waals surface area contributed by atoms with E-state index in [0.717, 1.165) is 62.8 Å². The highest BCUT2D eigenvalue weighted by Crippen LogP contribution is 2.45. The number of hydrogen-bond donors (Lipinski definition) is 0. The molecule has 0 radical (unpaired) electrons. The van der Waals surface area contributed by atoms with E-state index < -0.39 is 0 Å². The largest absolute Gasteiger partial charge is 0.493 e. The van der Waals surface area contributed by atoms with Gasteiger partial charge in [0.25, 0.3) is 0 Å². The fraction of sp³-hybridized carbons (Fsp3) is 0.652. The molecule has 0 bridgehead atoms. The van der Waals surface area contributed by atoms with Crippen molar-refractivity contribution in [3.05, 3.63) is 85.5 Å². The van der Waals surface area contributed by atoms with Crippen LogP contribution in [-0.2, 0) is 38.5 Å². The van der Waals surface area contributed by atoms with Gasteiger partial charge in [-0.1, -0.05) is 100 Å². The Morgan fingerprint density at radius 2 is 0.688 bits per heavy atom. The minimum absolute atomic E-state index is 0.932. The second-order valence-electron chi connectivity index (χ2n) is 14.6. The smallest absolute Gasteiger partial charge is 0.211 e. The van der Waals surface area contributed by atoms with Crippen LogP contribution in [-0.4, -0.2) is 4.70 Å². The van der Waals surface area contributed by atoms with Gasteiger partial charge in [-0.3, -0.25) is 0 Å². The van der Waals surface area contributed by atoms with Crippen LogP contribution in [0.3, 0.4) is 0 Å². The van der Waals surface area contributed by atoms with Crippen molar-refractivity contribution >= 4 is 11.4 Å². The molecular weight excluding hydrogens is 581 g/mol. The van der Waals surface area contributed by atoms with E-state index in [2.05, 4.69) is 79.7 Å². The minimum Gasteiger partial charge on any atom is -0.493 e. The topological polar surface area (TPSA) is 25.3 Å².